The quantitative estimate of drug-likeness (QED) is 0.832. The standard InChI is InChI=1S/C12H16BrN5O2/c13-5-8-20-9-3-6-17(7-4-9)11-2-1-10-14-15-12(19)18(10)16-11/h1-2,9H,3-8H2,(H,15,19). The van der Waals surface area contributed by atoms with Crippen LogP contribution in [0.2, 0.25) is 0 Å². The summed E-state index contributed by atoms with van der Waals surface area (Å²) >= 11 is 3.36. The molecule has 0 unspecified atom stereocenters. The number of rotatable bonds is 4. The summed E-state index contributed by atoms with van der Waals surface area (Å²) in [5.74, 6) is 0.806. The molecule has 0 saturated carbocycles. The number of aromatic amines is 1. The van der Waals surface area contributed by atoms with E-state index in [1.165, 1.54) is 4.52 Å². The topological polar surface area (TPSA) is 75.5 Å². The number of H-pyrrole nitrogens is 1. The number of aromatic nitrogens is 4. The summed E-state index contributed by atoms with van der Waals surface area (Å²) in [5, 5.41) is 11.5. The average Bonchev–Trinajstić information content (AvgIpc) is 2.87. The predicted octanol–water partition coefficient (Wildman–Crippen LogP) is 0.798. The molecule has 1 N–H and O–H groups in total. The maximum absolute atomic E-state index is 11.5. The zero-order valence-corrected chi connectivity index (χ0v) is 12.5. The minimum Gasteiger partial charge on any atom is -0.377 e. The van der Waals surface area contributed by atoms with Crippen molar-refractivity contribution in [3.05, 3.63) is 22.6 Å². The molecule has 3 rings (SSSR count). The van der Waals surface area contributed by atoms with Gasteiger partial charge in [-0.05, 0) is 25.0 Å². The van der Waals surface area contributed by atoms with Gasteiger partial charge in [-0.15, -0.1) is 5.10 Å². The molecule has 0 amide bonds. The number of ether oxygens (including phenoxy) is 1. The number of nitrogens with one attached hydrogen (secondary N) is 1. The van der Waals surface area contributed by atoms with E-state index in [-0.39, 0.29) is 5.69 Å². The lowest BCUT2D eigenvalue weighted by molar-refractivity contribution is 0.0480. The van der Waals surface area contributed by atoms with E-state index in [0.29, 0.717) is 11.8 Å². The van der Waals surface area contributed by atoms with Crippen molar-refractivity contribution in [2.24, 2.45) is 0 Å². The van der Waals surface area contributed by atoms with Crippen LogP contribution in [0.4, 0.5) is 5.82 Å². The van der Waals surface area contributed by atoms with Gasteiger partial charge in [0, 0.05) is 18.4 Å². The Morgan fingerprint density at radius 2 is 2.20 bits per heavy atom. The zero-order valence-electron chi connectivity index (χ0n) is 11.0. The second-order valence-electron chi connectivity index (χ2n) is 4.74. The molecule has 0 aromatic carbocycles. The molecular formula is C12H16BrN5O2. The lowest BCUT2D eigenvalue weighted by Gasteiger charge is -2.32. The molecule has 2 aromatic heterocycles. The molecule has 108 valence electrons. The minimum absolute atomic E-state index is 0.308. The van der Waals surface area contributed by atoms with Gasteiger partial charge in [-0.3, -0.25) is 0 Å². The van der Waals surface area contributed by atoms with Gasteiger partial charge in [-0.1, -0.05) is 15.9 Å². The highest BCUT2D eigenvalue weighted by atomic mass is 79.9. The van der Waals surface area contributed by atoms with Crippen LogP contribution in [0.25, 0.3) is 5.65 Å². The fourth-order valence-corrected chi connectivity index (χ4v) is 2.61. The van der Waals surface area contributed by atoms with E-state index in [2.05, 4.69) is 36.1 Å². The Kier molecular flexibility index (Phi) is 4.02. The molecule has 20 heavy (non-hydrogen) atoms. The van der Waals surface area contributed by atoms with Gasteiger partial charge < -0.3 is 9.64 Å². The fourth-order valence-electron chi connectivity index (χ4n) is 2.42. The highest BCUT2D eigenvalue weighted by molar-refractivity contribution is 9.09. The van der Waals surface area contributed by atoms with Crippen molar-refractivity contribution >= 4 is 27.4 Å². The van der Waals surface area contributed by atoms with Gasteiger partial charge in [0.2, 0.25) is 0 Å². The maximum Gasteiger partial charge on any atom is 0.364 e. The van der Waals surface area contributed by atoms with Crippen LogP contribution in [0.5, 0.6) is 0 Å². The van der Waals surface area contributed by atoms with Crippen LogP contribution in [-0.4, -0.2) is 50.9 Å². The lowest BCUT2D eigenvalue weighted by Crippen LogP contribution is -2.38. The van der Waals surface area contributed by atoms with Crippen molar-refractivity contribution in [2.75, 3.05) is 29.9 Å². The highest BCUT2D eigenvalue weighted by Crippen LogP contribution is 2.19. The first-order valence-corrected chi connectivity index (χ1v) is 7.77. The molecule has 1 fully saturated rings. The van der Waals surface area contributed by atoms with E-state index in [4.69, 9.17) is 4.74 Å². The summed E-state index contributed by atoms with van der Waals surface area (Å²) in [5.41, 5.74) is 0.228. The monoisotopic (exact) mass is 341 g/mol. The Morgan fingerprint density at radius 1 is 1.40 bits per heavy atom. The Hall–Kier alpha value is -1.41. The normalized spacial score (nSPS) is 16.9. The van der Waals surface area contributed by atoms with Gasteiger partial charge >= 0.3 is 5.69 Å². The molecule has 0 radical (unpaired) electrons. The Labute approximate surface area is 124 Å². The number of fused-ring (bicyclic) bond motifs is 1. The third-order valence-corrected chi connectivity index (χ3v) is 3.78. The summed E-state index contributed by atoms with van der Waals surface area (Å²) in [7, 11) is 0. The molecular weight excluding hydrogens is 326 g/mol. The Bertz CT molecular complexity index is 632. The summed E-state index contributed by atoms with van der Waals surface area (Å²) in [4.78, 5) is 13.7. The van der Waals surface area contributed by atoms with Crippen LogP contribution < -0.4 is 10.6 Å². The van der Waals surface area contributed by atoms with Crippen molar-refractivity contribution in [3.63, 3.8) is 0 Å². The van der Waals surface area contributed by atoms with E-state index in [1.54, 1.807) is 6.07 Å². The fraction of sp³-hybridized carbons (Fsp3) is 0.583. The van der Waals surface area contributed by atoms with Crippen molar-refractivity contribution in [1.82, 2.24) is 19.8 Å². The van der Waals surface area contributed by atoms with E-state index < -0.39 is 0 Å². The van der Waals surface area contributed by atoms with Gasteiger partial charge in [0.1, 0.15) is 5.82 Å². The number of anilines is 1. The van der Waals surface area contributed by atoms with Crippen LogP contribution >= 0.6 is 15.9 Å². The van der Waals surface area contributed by atoms with Gasteiger partial charge in [0.05, 0.1) is 12.7 Å². The van der Waals surface area contributed by atoms with Crippen LogP contribution in [-0.2, 0) is 4.74 Å². The van der Waals surface area contributed by atoms with E-state index in [0.717, 1.165) is 43.7 Å². The van der Waals surface area contributed by atoms with Crippen molar-refractivity contribution < 1.29 is 4.74 Å². The summed E-state index contributed by atoms with van der Waals surface area (Å²) < 4.78 is 7.02. The number of halogens is 1. The van der Waals surface area contributed by atoms with E-state index >= 15 is 0 Å². The molecule has 0 aliphatic carbocycles. The minimum atomic E-state index is -0.308. The predicted molar refractivity (Wildman–Crippen MR) is 78.6 cm³/mol. The van der Waals surface area contributed by atoms with Crippen molar-refractivity contribution in [1.29, 1.82) is 0 Å². The zero-order chi connectivity index (χ0) is 13.9. The molecule has 0 bridgehead atoms. The number of nitrogens with zero attached hydrogens (tertiary/aromatic N) is 4. The number of alkyl halides is 1. The Morgan fingerprint density at radius 3 is 2.95 bits per heavy atom. The van der Waals surface area contributed by atoms with E-state index in [9.17, 15) is 4.79 Å². The van der Waals surface area contributed by atoms with Crippen LogP contribution in [0.3, 0.4) is 0 Å². The lowest BCUT2D eigenvalue weighted by atomic mass is 10.1. The highest BCUT2D eigenvalue weighted by Gasteiger charge is 2.21. The van der Waals surface area contributed by atoms with Crippen LogP contribution in [0.15, 0.2) is 16.9 Å². The molecule has 1 aliphatic heterocycles. The second-order valence-corrected chi connectivity index (χ2v) is 5.53. The number of hydrogen-bond donors (Lipinski definition) is 1. The molecule has 0 spiro atoms. The summed E-state index contributed by atoms with van der Waals surface area (Å²) in [6.45, 7) is 2.52. The molecule has 7 nitrogen and oxygen atoms in total. The third-order valence-electron chi connectivity index (χ3n) is 3.46. The summed E-state index contributed by atoms with van der Waals surface area (Å²) in [6.07, 6.45) is 2.28. The van der Waals surface area contributed by atoms with E-state index in [1.807, 2.05) is 6.07 Å². The average molecular weight is 342 g/mol. The molecule has 3 heterocycles. The first-order valence-electron chi connectivity index (χ1n) is 6.65. The van der Waals surface area contributed by atoms with Crippen molar-refractivity contribution in [3.8, 4) is 0 Å². The number of hydrogen-bond acceptors (Lipinski definition) is 5. The van der Waals surface area contributed by atoms with Gasteiger partial charge in [-0.25, -0.2) is 9.89 Å². The Balaban J connectivity index is 1.70. The first-order chi connectivity index (χ1) is 9.78. The van der Waals surface area contributed by atoms with Gasteiger partial charge in [0.15, 0.2) is 5.65 Å². The smallest absolute Gasteiger partial charge is 0.364 e. The third kappa shape index (κ3) is 2.71. The first kappa shape index (κ1) is 13.6. The molecule has 1 aliphatic rings. The van der Waals surface area contributed by atoms with Crippen LogP contribution in [0.1, 0.15) is 12.8 Å². The van der Waals surface area contributed by atoms with Gasteiger partial charge in [0.25, 0.3) is 0 Å². The molecule has 1 saturated heterocycles. The summed E-state index contributed by atoms with van der Waals surface area (Å²) in [6, 6.07) is 3.70. The number of piperidine rings is 1. The van der Waals surface area contributed by atoms with Crippen molar-refractivity contribution in [2.45, 2.75) is 18.9 Å². The molecule has 0 atom stereocenters. The molecule has 2 aromatic rings. The van der Waals surface area contributed by atoms with Gasteiger partial charge in [-0.2, -0.15) is 9.61 Å². The maximum atomic E-state index is 11.5. The second kappa shape index (κ2) is 5.92. The van der Waals surface area contributed by atoms with Crippen LogP contribution in [0, 0.1) is 0 Å². The molecule has 8 heteroatoms. The largest absolute Gasteiger partial charge is 0.377 e. The SMILES string of the molecule is O=c1[nH]nc2ccc(N3CCC(OCCBr)CC3)nn12.